The fourth-order valence-corrected chi connectivity index (χ4v) is 3.64. The van der Waals surface area contributed by atoms with Crippen LogP contribution in [0.2, 0.25) is 0 Å². The molecule has 0 aromatic carbocycles. The molecule has 0 amide bonds. The second kappa shape index (κ2) is 3.52. The van der Waals surface area contributed by atoms with Gasteiger partial charge in [0, 0.05) is 5.75 Å². The average molecular weight is 202 g/mol. The first-order chi connectivity index (χ1) is 5.87. The van der Waals surface area contributed by atoms with Crippen molar-refractivity contribution < 1.29 is 9.90 Å². The first-order valence-corrected chi connectivity index (χ1v) is 5.82. The highest BCUT2D eigenvalue weighted by molar-refractivity contribution is 7.99. The van der Waals surface area contributed by atoms with Gasteiger partial charge in [0.05, 0.1) is 6.42 Å². The third-order valence-electron chi connectivity index (χ3n) is 3.18. The second-order valence-corrected chi connectivity index (χ2v) is 6.01. The fourth-order valence-electron chi connectivity index (χ4n) is 1.89. The highest BCUT2D eigenvalue weighted by Gasteiger charge is 2.45. The number of aliphatic carboxylic acids is 1. The summed E-state index contributed by atoms with van der Waals surface area (Å²) in [5.41, 5.74) is 0.123. The Morgan fingerprint density at radius 1 is 1.54 bits per heavy atom. The Morgan fingerprint density at radius 3 is 2.46 bits per heavy atom. The maximum atomic E-state index is 10.8. The SMILES string of the molecule is CC(C)(C)C1(CC(=O)O)CCSC1. The van der Waals surface area contributed by atoms with Gasteiger partial charge in [0.15, 0.2) is 0 Å². The van der Waals surface area contributed by atoms with E-state index in [0.29, 0.717) is 6.42 Å². The van der Waals surface area contributed by atoms with Crippen LogP contribution in [0.5, 0.6) is 0 Å². The van der Waals surface area contributed by atoms with Crippen molar-refractivity contribution in [2.75, 3.05) is 11.5 Å². The van der Waals surface area contributed by atoms with Crippen LogP contribution in [-0.4, -0.2) is 22.6 Å². The molecule has 1 atom stereocenters. The van der Waals surface area contributed by atoms with Crippen molar-refractivity contribution in [1.82, 2.24) is 0 Å². The number of carbonyl (C=O) groups is 1. The van der Waals surface area contributed by atoms with Crippen molar-refractivity contribution in [2.24, 2.45) is 10.8 Å². The molecule has 3 heteroatoms. The van der Waals surface area contributed by atoms with Crippen molar-refractivity contribution in [3.8, 4) is 0 Å². The molecule has 1 unspecified atom stereocenters. The van der Waals surface area contributed by atoms with Gasteiger partial charge in [0.2, 0.25) is 0 Å². The molecule has 1 rings (SSSR count). The number of carboxylic acids is 1. The lowest BCUT2D eigenvalue weighted by atomic mass is 9.64. The van der Waals surface area contributed by atoms with E-state index < -0.39 is 5.97 Å². The summed E-state index contributed by atoms with van der Waals surface area (Å²) >= 11 is 1.89. The number of hydrogen-bond donors (Lipinski definition) is 1. The summed E-state index contributed by atoms with van der Waals surface area (Å²) in [6.45, 7) is 6.46. The predicted molar refractivity (Wildman–Crippen MR) is 56.1 cm³/mol. The summed E-state index contributed by atoms with van der Waals surface area (Å²) in [4.78, 5) is 10.8. The fraction of sp³-hybridized carbons (Fsp3) is 0.900. The van der Waals surface area contributed by atoms with Crippen LogP contribution in [0.1, 0.15) is 33.6 Å². The molecular weight excluding hydrogens is 184 g/mol. The molecule has 0 radical (unpaired) electrons. The molecule has 0 aromatic heterocycles. The molecule has 1 heterocycles. The van der Waals surface area contributed by atoms with Gasteiger partial charge in [0.1, 0.15) is 0 Å². The van der Waals surface area contributed by atoms with Crippen LogP contribution in [0, 0.1) is 10.8 Å². The monoisotopic (exact) mass is 202 g/mol. The number of carboxylic acid groups (broad SMARTS) is 1. The van der Waals surface area contributed by atoms with E-state index in [4.69, 9.17) is 5.11 Å². The quantitative estimate of drug-likeness (QED) is 0.748. The molecule has 76 valence electrons. The number of rotatable bonds is 2. The first-order valence-electron chi connectivity index (χ1n) is 4.67. The van der Waals surface area contributed by atoms with E-state index in [-0.39, 0.29) is 10.8 Å². The Balaban J connectivity index is 2.81. The Bertz CT molecular complexity index is 199. The van der Waals surface area contributed by atoms with Gasteiger partial charge in [-0.05, 0) is 23.0 Å². The predicted octanol–water partition coefficient (Wildman–Crippen LogP) is 2.63. The van der Waals surface area contributed by atoms with E-state index in [1.54, 1.807) is 0 Å². The van der Waals surface area contributed by atoms with Crippen molar-refractivity contribution in [3.63, 3.8) is 0 Å². The third-order valence-corrected chi connectivity index (χ3v) is 4.43. The molecule has 1 fully saturated rings. The average Bonchev–Trinajstić information content (AvgIpc) is 2.33. The van der Waals surface area contributed by atoms with Gasteiger partial charge in [0.25, 0.3) is 0 Å². The van der Waals surface area contributed by atoms with Gasteiger partial charge in [-0.3, -0.25) is 4.79 Å². The largest absolute Gasteiger partial charge is 0.481 e. The summed E-state index contributed by atoms with van der Waals surface area (Å²) in [6.07, 6.45) is 1.37. The minimum Gasteiger partial charge on any atom is -0.481 e. The molecule has 0 aromatic rings. The number of thioether (sulfide) groups is 1. The van der Waals surface area contributed by atoms with Gasteiger partial charge in [-0.1, -0.05) is 20.8 Å². The minimum atomic E-state index is -0.655. The zero-order valence-electron chi connectivity index (χ0n) is 8.59. The zero-order valence-corrected chi connectivity index (χ0v) is 9.41. The van der Waals surface area contributed by atoms with E-state index in [1.807, 2.05) is 11.8 Å². The zero-order chi connectivity index (χ0) is 10.1. The lowest BCUT2D eigenvalue weighted by Crippen LogP contribution is -2.37. The molecule has 0 spiro atoms. The maximum Gasteiger partial charge on any atom is 0.303 e. The van der Waals surface area contributed by atoms with Gasteiger partial charge in [-0.15, -0.1) is 0 Å². The standard InChI is InChI=1S/C10H18O2S/c1-9(2,3)10(6-8(11)12)4-5-13-7-10/h4-7H2,1-3H3,(H,11,12). The van der Waals surface area contributed by atoms with Gasteiger partial charge < -0.3 is 5.11 Å². The van der Waals surface area contributed by atoms with Crippen molar-refractivity contribution in [2.45, 2.75) is 33.6 Å². The molecular formula is C10H18O2S. The van der Waals surface area contributed by atoms with Crippen LogP contribution in [0.4, 0.5) is 0 Å². The Morgan fingerprint density at radius 2 is 2.15 bits per heavy atom. The third kappa shape index (κ3) is 2.19. The molecule has 0 aliphatic carbocycles. The van der Waals surface area contributed by atoms with Crippen LogP contribution < -0.4 is 0 Å². The lowest BCUT2D eigenvalue weighted by molar-refractivity contribution is -0.141. The van der Waals surface area contributed by atoms with Crippen molar-refractivity contribution >= 4 is 17.7 Å². The van der Waals surface area contributed by atoms with Crippen LogP contribution in [0.25, 0.3) is 0 Å². The van der Waals surface area contributed by atoms with Crippen LogP contribution >= 0.6 is 11.8 Å². The topological polar surface area (TPSA) is 37.3 Å². The highest BCUT2D eigenvalue weighted by Crippen LogP contribution is 2.51. The molecule has 0 saturated carbocycles. The Labute approximate surface area is 84.1 Å². The molecule has 1 aliphatic rings. The van der Waals surface area contributed by atoms with E-state index in [9.17, 15) is 4.79 Å². The summed E-state index contributed by atoms with van der Waals surface area (Å²) < 4.78 is 0. The molecule has 0 bridgehead atoms. The Hall–Kier alpha value is -0.180. The molecule has 1 saturated heterocycles. The van der Waals surface area contributed by atoms with Crippen LogP contribution in [0.15, 0.2) is 0 Å². The smallest absolute Gasteiger partial charge is 0.303 e. The van der Waals surface area contributed by atoms with Crippen molar-refractivity contribution in [3.05, 3.63) is 0 Å². The van der Waals surface area contributed by atoms with Crippen LogP contribution in [-0.2, 0) is 4.79 Å². The van der Waals surface area contributed by atoms with E-state index in [1.165, 1.54) is 0 Å². The molecule has 13 heavy (non-hydrogen) atoms. The minimum absolute atomic E-state index is 0.0174. The normalized spacial score (nSPS) is 29.2. The molecule has 1 aliphatic heterocycles. The van der Waals surface area contributed by atoms with E-state index in [2.05, 4.69) is 20.8 Å². The van der Waals surface area contributed by atoms with E-state index >= 15 is 0 Å². The second-order valence-electron chi connectivity index (χ2n) is 4.90. The maximum absolute atomic E-state index is 10.8. The summed E-state index contributed by atoms with van der Waals surface area (Å²) in [5.74, 6) is 1.46. The van der Waals surface area contributed by atoms with Crippen LogP contribution in [0.3, 0.4) is 0 Å². The number of hydrogen-bond acceptors (Lipinski definition) is 2. The van der Waals surface area contributed by atoms with Gasteiger partial charge in [-0.2, -0.15) is 11.8 Å². The molecule has 2 nitrogen and oxygen atoms in total. The van der Waals surface area contributed by atoms with E-state index in [0.717, 1.165) is 17.9 Å². The van der Waals surface area contributed by atoms with Gasteiger partial charge >= 0.3 is 5.97 Å². The lowest BCUT2D eigenvalue weighted by Gasteiger charge is -2.40. The van der Waals surface area contributed by atoms with Crippen molar-refractivity contribution in [1.29, 1.82) is 0 Å². The van der Waals surface area contributed by atoms with Gasteiger partial charge in [-0.25, -0.2) is 0 Å². The Kier molecular flexibility index (Phi) is 2.95. The molecule has 1 N–H and O–H groups in total. The highest BCUT2D eigenvalue weighted by atomic mass is 32.2. The summed E-state index contributed by atoms with van der Waals surface area (Å²) in [6, 6.07) is 0. The summed E-state index contributed by atoms with van der Waals surface area (Å²) in [7, 11) is 0. The first kappa shape index (κ1) is 10.9. The summed E-state index contributed by atoms with van der Waals surface area (Å²) in [5, 5.41) is 8.89.